The van der Waals surface area contributed by atoms with Gasteiger partial charge in [-0.05, 0) is 6.42 Å². The normalized spacial score (nSPS) is 15.6. The molecule has 0 saturated carbocycles. The van der Waals surface area contributed by atoms with Crippen molar-refractivity contribution in [2.24, 2.45) is 0 Å². The van der Waals surface area contributed by atoms with Crippen molar-refractivity contribution in [2.75, 3.05) is 0 Å². The van der Waals surface area contributed by atoms with Crippen molar-refractivity contribution in [1.29, 1.82) is 0 Å². The first-order chi connectivity index (χ1) is 14.5. The number of carboxylic acid groups (broad SMARTS) is 1. The monoisotopic (exact) mass is 550 g/mol. The maximum Gasteiger partial charge on any atom is 0.385 e. The van der Waals surface area contributed by atoms with E-state index in [4.69, 9.17) is 5.11 Å². The van der Waals surface area contributed by atoms with E-state index < -0.39 is 78.2 Å². The maximum absolute atomic E-state index is 13.5. The second-order valence-electron chi connectivity index (χ2n) is 6.48. The molecule has 0 heterocycles. The van der Waals surface area contributed by atoms with Crippen LogP contribution in [-0.4, -0.2) is 64.9 Å². The summed E-state index contributed by atoms with van der Waals surface area (Å²) in [5, 5.41) is 8.28. The Morgan fingerprint density at radius 1 is 0.618 bits per heavy atom. The second kappa shape index (κ2) is 8.56. The Hall–Kier alpha value is -2.05. The summed E-state index contributed by atoms with van der Waals surface area (Å²) in [5.74, 6) is -67.4. The minimum Gasteiger partial charge on any atom is -0.478 e. The minimum absolute atomic E-state index is 1.46. The zero-order valence-corrected chi connectivity index (χ0v) is 15.4. The highest BCUT2D eigenvalue weighted by molar-refractivity contribution is 5.85. The molecule has 34 heavy (non-hydrogen) atoms. The van der Waals surface area contributed by atoms with Crippen LogP contribution < -0.4 is 0 Å². The van der Waals surface area contributed by atoms with Gasteiger partial charge in [-0.1, -0.05) is 6.58 Å². The van der Waals surface area contributed by atoms with Crippen molar-refractivity contribution < 1.29 is 88.9 Å². The topological polar surface area (TPSA) is 37.3 Å². The van der Waals surface area contributed by atoms with E-state index in [2.05, 4.69) is 6.58 Å². The van der Waals surface area contributed by atoms with E-state index in [1.54, 1.807) is 0 Å². The highest BCUT2D eigenvalue weighted by atomic mass is 19.4. The molecule has 0 radical (unpaired) electrons. The highest BCUT2D eigenvalue weighted by Gasteiger charge is 2.95. The smallest absolute Gasteiger partial charge is 0.385 e. The fourth-order valence-corrected chi connectivity index (χ4v) is 1.94. The van der Waals surface area contributed by atoms with Crippen LogP contribution in [0.4, 0.5) is 79.0 Å². The third kappa shape index (κ3) is 4.24. The molecule has 0 saturated heterocycles. The fourth-order valence-electron chi connectivity index (χ4n) is 1.94. The van der Waals surface area contributed by atoms with Crippen LogP contribution in [0.2, 0.25) is 0 Å². The van der Waals surface area contributed by atoms with Crippen LogP contribution in [0, 0.1) is 0 Å². The van der Waals surface area contributed by atoms with Crippen molar-refractivity contribution >= 4 is 5.97 Å². The fraction of sp³-hybridized carbons (Fsp3) is 0.786. The molecule has 1 N–H and O–H groups in total. The molecule has 0 aliphatic rings. The first-order valence-corrected chi connectivity index (χ1v) is 7.74. The number of hydrogen-bond acceptors (Lipinski definition) is 1. The van der Waals surface area contributed by atoms with Crippen molar-refractivity contribution in [3.63, 3.8) is 0 Å². The van der Waals surface area contributed by atoms with Crippen LogP contribution in [0.15, 0.2) is 12.2 Å². The molecular formula is C14H8F18O2. The van der Waals surface area contributed by atoms with E-state index in [9.17, 15) is 83.8 Å². The van der Waals surface area contributed by atoms with Crippen molar-refractivity contribution in [1.82, 2.24) is 0 Å². The number of halogens is 18. The first-order valence-electron chi connectivity index (χ1n) is 7.74. The van der Waals surface area contributed by atoms with Crippen LogP contribution in [0.25, 0.3) is 0 Å². The quantitative estimate of drug-likeness (QED) is 0.216. The molecule has 0 aromatic rings. The predicted octanol–water partition coefficient (Wildman–Crippen LogP) is 6.75. The molecular weight excluding hydrogens is 542 g/mol. The van der Waals surface area contributed by atoms with Crippen molar-refractivity contribution in [2.45, 2.75) is 66.6 Å². The standard InChI is InChI=1S/C14H8F18O2/c1-4(5(33)34)2-3-7(17,18)9(21,22)11(25,26)13(29,30)14(31,32)12(27,28)10(23,24)8(19,20)6(15)16/h6H,1-3H2,(H,33,34). The molecule has 0 amide bonds. The van der Waals surface area contributed by atoms with Gasteiger partial charge in [0.05, 0.1) is 0 Å². The molecule has 0 fully saturated rings. The van der Waals surface area contributed by atoms with E-state index in [0.29, 0.717) is 0 Å². The van der Waals surface area contributed by atoms with Gasteiger partial charge in [0, 0.05) is 12.0 Å². The van der Waals surface area contributed by atoms with Gasteiger partial charge < -0.3 is 5.11 Å². The number of aliphatic carboxylic acids is 1. The summed E-state index contributed by atoms with van der Waals surface area (Å²) in [6, 6.07) is 0. The summed E-state index contributed by atoms with van der Waals surface area (Å²) in [4.78, 5) is 10.3. The summed E-state index contributed by atoms with van der Waals surface area (Å²) in [5.41, 5.74) is -1.46. The van der Waals surface area contributed by atoms with Crippen LogP contribution in [0.5, 0.6) is 0 Å². The maximum atomic E-state index is 13.5. The van der Waals surface area contributed by atoms with E-state index in [0.717, 1.165) is 0 Å². The van der Waals surface area contributed by atoms with Gasteiger partial charge in [0.1, 0.15) is 0 Å². The highest BCUT2D eigenvalue weighted by Crippen LogP contribution is 2.64. The second-order valence-corrected chi connectivity index (χ2v) is 6.48. The van der Waals surface area contributed by atoms with Gasteiger partial charge in [0.25, 0.3) is 0 Å². The summed E-state index contributed by atoms with van der Waals surface area (Å²) in [6.45, 7) is 2.44. The van der Waals surface area contributed by atoms with E-state index in [-0.39, 0.29) is 0 Å². The molecule has 0 rings (SSSR count). The van der Waals surface area contributed by atoms with Crippen LogP contribution >= 0.6 is 0 Å². The minimum atomic E-state index is -8.80. The first kappa shape index (κ1) is 31.9. The molecule has 0 aromatic heterocycles. The van der Waals surface area contributed by atoms with Gasteiger partial charge in [0.2, 0.25) is 0 Å². The van der Waals surface area contributed by atoms with Gasteiger partial charge >= 0.3 is 59.8 Å². The van der Waals surface area contributed by atoms with Gasteiger partial charge in [-0.3, -0.25) is 0 Å². The molecule has 0 unspecified atom stereocenters. The summed E-state index contributed by atoms with van der Waals surface area (Å²) < 4.78 is 236. The summed E-state index contributed by atoms with van der Waals surface area (Å²) in [6.07, 6.45) is -10.8. The molecule has 202 valence electrons. The molecule has 0 aliphatic heterocycles. The third-order valence-electron chi connectivity index (χ3n) is 4.17. The van der Waals surface area contributed by atoms with Gasteiger partial charge in [-0.2, -0.15) is 70.2 Å². The molecule has 20 heteroatoms. The van der Waals surface area contributed by atoms with Crippen molar-refractivity contribution in [3.05, 3.63) is 12.2 Å². The van der Waals surface area contributed by atoms with Gasteiger partial charge in [0.15, 0.2) is 0 Å². The van der Waals surface area contributed by atoms with Gasteiger partial charge in [-0.15, -0.1) is 0 Å². The summed E-state index contributed by atoms with van der Waals surface area (Å²) >= 11 is 0. The van der Waals surface area contributed by atoms with Gasteiger partial charge in [-0.25, -0.2) is 13.6 Å². The van der Waals surface area contributed by atoms with E-state index >= 15 is 0 Å². The zero-order valence-electron chi connectivity index (χ0n) is 15.4. The number of alkyl halides is 18. The lowest BCUT2D eigenvalue weighted by molar-refractivity contribution is -0.457. The third-order valence-corrected chi connectivity index (χ3v) is 4.17. The Kier molecular flexibility index (Phi) is 8.04. The Balaban J connectivity index is 6.65. The molecule has 0 atom stereocenters. The molecule has 0 aromatic carbocycles. The Morgan fingerprint density at radius 3 is 1.21 bits per heavy atom. The van der Waals surface area contributed by atoms with E-state index in [1.807, 2.05) is 0 Å². The SMILES string of the molecule is C=C(CCC(F)(F)C(F)(F)C(F)(F)C(F)(F)C(F)(F)C(F)(F)C(F)(F)C(F)(F)C(F)F)C(=O)O. The number of rotatable bonds is 12. The number of hydrogen-bond donors (Lipinski definition) is 1. The lowest BCUT2D eigenvalue weighted by atomic mass is 9.86. The van der Waals surface area contributed by atoms with Crippen LogP contribution in [0.1, 0.15) is 12.8 Å². The summed E-state index contributed by atoms with van der Waals surface area (Å²) in [7, 11) is 0. The Morgan fingerprint density at radius 2 is 0.912 bits per heavy atom. The number of carbonyl (C=O) groups is 1. The molecule has 0 bridgehead atoms. The van der Waals surface area contributed by atoms with Crippen LogP contribution in [0.3, 0.4) is 0 Å². The average Bonchev–Trinajstić information content (AvgIpc) is 2.64. The Labute approximate surface area is 175 Å². The lowest BCUT2D eigenvalue weighted by Crippen LogP contribution is -2.75. The van der Waals surface area contributed by atoms with Crippen LogP contribution in [-0.2, 0) is 4.79 Å². The largest absolute Gasteiger partial charge is 0.478 e. The molecule has 2 nitrogen and oxygen atoms in total. The predicted molar refractivity (Wildman–Crippen MR) is 71.6 cm³/mol. The molecule has 0 aliphatic carbocycles. The Bertz CT molecular complexity index is 784. The zero-order chi connectivity index (χ0) is 28.1. The lowest BCUT2D eigenvalue weighted by Gasteiger charge is -2.43. The number of carboxylic acids is 1. The van der Waals surface area contributed by atoms with E-state index in [1.165, 1.54) is 0 Å². The van der Waals surface area contributed by atoms with Crippen molar-refractivity contribution in [3.8, 4) is 0 Å². The average molecular weight is 550 g/mol. The molecule has 0 spiro atoms.